The molecule has 4 rings (SSSR count). The lowest BCUT2D eigenvalue weighted by molar-refractivity contribution is -0.263. The second-order valence-electron chi connectivity index (χ2n) is 9.42. The third-order valence-electron chi connectivity index (χ3n) is 8.28. The van der Waals surface area contributed by atoms with Gasteiger partial charge in [-0.25, -0.2) is 0 Å². The van der Waals surface area contributed by atoms with Gasteiger partial charge in [-0.2, -0.15) is 0 Å². The first kappa shape index (κ1) is 18.3. The van der Waals surface area contributed by atoms with Crippen LogP contribution in [0.5, 0.6) is 0 Å². The van der Waals surface area contributed by atoms with Crippen LogP contribution in [0.2, 0.25) is 0 Å². The number of hydrogen-bond donors (Lipinski definition) is 4. The van der Waals surface area contributed by atoms with Crippen LogP contribution >= 0.6 is 0 Å². The van der Waals surface area contributed by atoms with E-state index in [9.17, 15) is 30.0 Å². The highest BCUT2D eigenvalue weighted by Crippen LogP contribution is 2.67. The molecule has 1 aliphatic heterocycles. The van der Waals surface area contributed by atoms with Crippen LogP contribution in [0.1, 0.15) is 34.1 Å². The van der Waals surface area contributed by atoms with Crippen LogP contribution in [0.3, 0.4) is 0 Å². The molecule has 7 heteroatoms. The van der Waals surface area contributed by atoms with E-state index in [2.05, 4.69) is 0 Å². The molecule has 0 aromatic carbocycles. The number of aliphatic hydroxyl groups is 4. The Bertz CT molecular complexity index is 664. The molecule has 1 saturated heterocycles. The molecule has 1 heterocycles. The lowest BCUT2D eigenvalue weighted by Gasteiger charge is -2.65. The molecule has 0 radical (unpaired) electrons. The van der Waals surface area contributed by atoms with E-state index in [4.69, 9.17) is 4.74 Å². The summed E-state index contributed by atoms with van der Waals surface area (Å²) >= 11 is 0. The van der Waals surface area contributed by atoms with Crippen molar-refractivity contribution < 1.29 is 34.8 Å². The van der Waals surface area contributed by atoms with E-state index in [1.54, 1.807) is 20.8 Å². The van der Waals surface area contributed by atoms with Gasteiger partial charge in [0, 0.05) is 28.6 Å². The highest BCUT2D eigenvalue weighted by Gasteiger charge is 2.77. The van der Waals surface area contributed by atoms with Crippen molar-refractivity contribution in [1.82, 2.24) is 0 Å². The number of carbonyl (C=O) groups excluding carboxylic acids is 2. The first-order valence-electron chi connectivity index (χ1n) is 9.46. The van der Waals surface area contributed by atoms with Crippen LogP contribution in [0.15, 0.2) is 0 Å². The zero-order chi connectivity index (χ0) is 19.3. The fourth-order valence-corrected chi connectivity index (χ4v) is 7.35. The molecule has 0 aromatic rings. The minimum atomic E-state index is -1.36. The number of aliphatic hydroxyl groups excluding tert-OH is 4. The normalized spacial score (nSPS) is 61.7. The summed E-state index contributed by atoms with van der Waals surface area (Å²) in [6.45, 7) is 6.94. The molecule has 0 amide bonds. The van der Waals surface area contributed by atoms with Crippen molar-refractivity contribution in [1.29, 1.82) is 0 Å². The summed E-state index contributed by atoms with van der Waals surface area (Å²) in [6, 6.07) is 0. The monoisotopic (exact) mass is 368 g/mol. The first-order chi connectivity index (χ1) is 12.0. The van der Waals surface area contributed by atoms with E-state index in [0.717, 1.165) is 0 Å². The van der Waals surface area contributed by atoms with E-state index in [0.29, 0.717) is 0 Å². The van der Waals surface area contributed by atoms with Crippen molar-refractivity contribution in [2.45, 2.75) is 64.6 Å². The van der Waals surface area contributed by atoms with Crippen molar-refractivity contribution >= 4 is 11.8 Å². The van der Waals surface area contributed by atoms with E-state index >= 15 is 0 Å². The van der Waals surface area contributed by atoms with E-state index in [1.165, 1.54) is 0 Å². The van der Waals surface area contributed by atoms with Gasteiger partial charge in [0.05, 0.1) is 24.2 Å². The molecule has 3 aliphatic carbocycles. The van der Waals surface area contributed by atoms with E-state index in [1.807, 2.05) is 6.92 Å². The Kier molecular flexibility index (Phi) is 3.73. The molecule has 3 saturated carbocycles. The molecule has 146 valence electrons. The molecule has 0 spiro atoms. The number of ketones is 1. The van der Waals surface area contributed by atoms with Crippen LogP contribution in [0, 0.1) is 40.4 Å². The largest absolute Gasteiger partial charge is 0.459 e. The van der Waals surface area contributed by atoms with Gasteiger partial charge in [-0.3, -0.25) is 9.59 Å². The third-order valence-corrected chi connectivity index (χ3v) is 8.28. The molecule has 4 N–H and O–H groups in total. The number of ether oxygens (including phenoxy) is 1. The number of esters is 1. The lowest BCUT2D eigenvalue weighted by Crippen LogP contribution is -2.75. The summed E-state index contributed by atoms with van der Waals surface area (Å²) < 4.78 is 5.40. The zero-order valence-corrected chi connectivity index (χ0v) is 15.5. The second-order valence-corrected chi connectivity index (χ2v) is 9.42. The van der Waals surface area contributed by atoms with Crippen molar-refractivity contribution in [3.63, 3.8) is 0 Å². The van der Waals surface area contributed by atoms with Gasteiger partial charge in [-0.1, -0.05) is 27.7 Å². The average Bonchev–Trinajstić information content (AvgIpc) is 2.80. The first-order valence-corrected chi connectivity index (χ1v) is 9.46. The fraction of sp³-hybridized carbons (Fsp3) is 0.895. The van der Waals surface area contributed by atoms with E-state index in [-0.39, 0.29) is 18.3 Å². The van der Waals surface area contributed by atoms with Crippen LogP contribution < -0.4 is 0 Å². The van der Waals surface area contributed by atoms with Gasteiger partial charge < -0.3 is 25.2 Å². The van der Waals surface area contributed by atoms with Crippen LogP contribution in [0.4, 0.5) is 0 Å². The Labute approximate surface area is 152 Å². The Morgan fingerprint density at radius 1 is 1.08 bits per heavy atom. The van der Waals surface area contributed by atoms with Gasteiger partial charge in [0.2, 0.25) is 0 Å². The summed E-state index contributed by atoms with van der Waals surface area (Å²) in [5, 5.41) is 43.4. The maximum atomic E-state index is 13.3. The maximum Gasteiger partial charge on any atom is 0.310 e. The fourth-order valence-electron chi connectivity index (χ4n) is 7.35. The second kappa shape index (κ2) is 5.28. The van der Waals surface area contributed by atoms with Gasteiger partial charge in [0.15, 0.2) is 5.78 Å². The minimum absolute atomic E-state index is 0.220. The Hall–Kier alpha value is -1.02. The molecule has 0 unspecified atom stereocenters. The van der Waals surface area contributed by atoms with Crippen molar-refractivity contribution in [3.05, 3.63) is 0 Å². The van der Waals surface area contributed by atoms with Gasteiger partial charge in [0.25, 0.3) is 0 Å². The predicted octanol–water partition coefficient (Wildman–Crippen LogP) is -0.511. The van der Waals surface area contributed by atoms with Gasteiger partial charge in [-0.05, 0) is 12.3 Å². The predicted molar refractivity (Wildman–Crippen MR) is 88.5 cm³/mol. The number of fused-ring (bicyclic) bond motifs is 6. The van der Waals surface area contributed by atoms with Crippen molar-refractivity contribution in [2.24, 2.45) is 40.4 Å². The highest BCUT2D eigenvalue weighted by molar-refractivity contribution is 5.96. The quantitative estimate of drug-likeness (QED) is 0.425. The summed E-state index contributed by atoms with van der Waals surface area (Å²) in [5.41, 5.74) is -2.48. The molecular formula is C19H28O7. The van der Waals surface area contributed by atoms with E-state index < -0.39 is 70.9 Å². The Morgan fingerprint density at radius 3 is 2.31 bits per heavy atom. The van der Waals surface area contributed by atoms with Crippen LogP contribution in [-0.4, -0.2) is 62.7 Å². The summed E-state index contributed by atoms with van der Waals surface area (Å²) in [4.78, 5) is 25.8. The molecule has 12 atom stereocenters. The van der Waals surface area contributed by atoms with Crippen LogP contribution in [-0.2, 0) is 14.3 Å². The topological polar surface area (TPSA) is 124 Å². The number of hydrogen-bond acceptors (Lipinski definition) is 7. The van der Waals surface area contributed by atoms with Gasteiger partial charge >= 0.3 is 5.97 Å². The van der Waals surface area contributed by atoms with Gasteiger partial charge in [0.1, 0.15) is 12.2 Å². The average molecular weight is 368 g/mol. The minimum Gasteiger partial charge on any atom is -0.459 e. The summed E-state index contributed by atoms with van der Waals surface area (Å²) in [6.07, 6.45) is -5.21. The molecule has 4 aliphatic rings. The number of rotatable bonds is 0. The molecule has 7 nitrogen and oxygen atoms in total. The molecule has 26 heavy (non-hydrogen) atoms. The summed E-state index contributed by atoms with van der Waals surface area (Å²) in [5.74, 6) is -3.75. The van der Waals surface area contributed by atoms with Gasteiger partial charge in [-0.15, -0.1) is 0 Å². The Balaban J connectivity index is 1.96. The smallest absolute Gasteiger partial charge is 0.310 e. The molecule has 4 fully saturated rings. The third kappa shape index (κ3) is 1.78. The molecular weight excluding hydrogens is 340 g/mol. The lowest BCUT2D eigenvalue weighted by atomic mass is 9.38. The highest BCUT2D eigenvalue weighted by atomic mass is 16.6. The Morgan fingerprint density at radius 2 is 1.69 bits per heavy atom. The number of carbonyl (C=O) groups is 2. The van der Waals surface area contributed by atoms with Crippen LogP contribution in [0.25, 0.3) is 0 Å². The maximum absolute atomic E-state index is 13.3. The SMILES string of the molecule is C[C@H]1[C@H]2OC(=O)[C@@H]1[C@]1(C)C(=O)[C@H](O)[C@@H]3[C@@H](C)C[C@H](O)[C@@H](O)[C@]3(C)[C@H]1[C@H]2O. The summed E-state index contributed by atoms with van der Waals surface area (Å²) in [7, 11) is 0. The molecule has 0 aromatic heterocycles. The zero-order valence-electron chi connectivity index (χ0n) is 15.5. The van der Waals surface area contributed by atoms with Crippen molar-refractivity contribution in [3.8, 4) is 0 Å². The van der Waals surface area contributed by atoms with Crippen molar-refractivity contribution in [2.75, 3.05) is 0 Å². The molecule has 2 bridgehead atoms. The number of Topliss-reactive ketones (excluding diaryl/α,β-unsaturated/α-hetero) is 1. The standard InChI is InChI=1S/C19H28O7/c1-6-5-8(20)15(23)18(3)9(6)11(21)16(24)19(4)10-7(2)13(26-17(10)25)12(22)14(18)19/h6-15,20-23H,5H2,1-4H3/t6-,7+,8-,9-,10+,11+,12-,13+,14+,15+,18-,19-/m0/s1.